The molecular formula is C30H37N5O3. The number of hydrogen-bond acceptors (Lipinski definition) is 6. The maximum Gasteiger partial charge on any atom is 0.251 e. The van der Waals surface area contributed by atoms with Crippen LogP contribution in [0.1, 0.15) is 95.3 Å². The van der Waals surface area contributed by atoms with Crippen molar-refractivity contribution in [3.05, 3.63) is 53.2 Å². The molecule has 0 spiro atoms. The van der Waals surface area contributed by atoms with Gasteiger partial charge < -0.3 is 21.3 Å². The molecule has 8 nitrogen and oxygen atoms in total. The van der Waals surface area contributed by atoms with Gasteiger partial charge in [0.15, 0.2) is 5.78 Å². The predicted molar refractivity (Wildman–Crippen MR) is 146 cm³/mol. The molecule has 2 unspecified atom stereocenters. The summed E-state index contributed by atoms with van der Waals surface area (Å²) in [4.78, 5) is 44.9. The third kappa shape index (κ3) is 5.13. The molecule has 1 aromatic heterocycles. The lowest BCUT2D eigenvalue weighted by atomic mass is 9.96. The summed E-state index contributed by atoms with van der Waals surface area (Å²) in [6.07, 6.45) is 12.3. The van der Waals surface area contributed by atoms with Crippen LogP contribution in [0.3, 0.4) is 0 Å². The Morgan fingerprint density at radius 1 is 0.921 bits per heavy atom. The summed E-state index contributed by atoms with van der Waals surface area (Å²) in [5, 5.41) is 6.56. The van der Waals surface area contributed by atoms with Crippen molar-refractivity contribution in [1.29, 1.82) is 0 Å². The Kier molecular flexibility index (Phi) is 6.80. The molecule has 4 fully saturated rings. The van der Waals surface area contributed by atoms with Gasteiger partial charge in [-0.25, -0.2) is 4.98 Å². The van der Waals surface area contributed by atoms with Gasteiger partial charge in [0.2, 0.25) is 0 Å². The fourth-order valence-electron chi connectivity index (χ4n) is 6.67. The number of carbonyl (C=O) groups excluding carboxylic acids is 3. The molecule has 2 atom stereocenters. The summed E-state index contributed by atoms with van der Waals surface area (Å²) < 4.78 is 0. The van der Waals surface area contributed by atoms with Gasteiger partial charge in [-0.3, -0.25) is 14.4 Å². The Balaban J connectivity index is 1.09. The van der Waals surface area contributed by atoms with Gasteiger partial charge in [-0.05, 0) is 87.6 Å². The largest absolute Gasteiger partial charge is 0.384 e. The van der Waals surface area contributed by atoms with E-state index in [2.05, 4.69) is 15.5 Å². The van der Waals surface area contributed by atoms with Crippen LogP contribution in [0.5, 0.6) is 0 Å². The third-order valence-corrected chi connectivity index (χ3v) is 8.92. The van der Waals surface area contributed by atoms with Crippen molar-refractivity contribution in [2.45, 2.75) is 82.3 Å². The fraction of sp³-hybridized carbons (Fsp3) is 0.533. The number of ketones is 1. The number of aromatic nitrogens is 1. The fourth-order valence-corrected chi connectivity index (χ4v) is 6.67. The molecule has 0 radical (unpaired) electrons. The highest BCUT2D eigenvalue weighted by atomic mass is 16.2. The van der Waals surface area contributed by atoms with Gasteiger partial charge in [0.1, 0.15) is 5.82 Å². The zero-order valence-electron chi connectivity index (χ0n) is 21.8. The van der Waals surface area contributed by atoms with E-state index in [-0.39, 0.29) is 23.7 Å². The number of fused-ring (bicyclic) bond motifs is 2. The Morgan fingerprint density at radius 2 is 1.63 bits per heavy atom. The Hall–Kier alpha value is -3.42. The van der Waals surface area contributed by atoms with E-state index >= 15 is 0 Å². The Labute approximate surface area is 223 Å². The topological polar surface area (TPSA) is 117 Å². The summed E-state index contributed by atoms with van der Waals surface area (Å²) in [6, 6.07) is 9.74. The van der Waals surface area contributed by atoms with Gasteiger partial charge in [0.25, 0.3) is 11.8 Å². The van der Waals surface area contributed by atoms with Crippen molar-refractivity contribution in [3.63, 3.8) is 0 Å². The molecule has 2 bridgehead atoms. The average Bonchev–Trinajstić information content (AvgIpc) is 3.51. The maximum absolute atomic E-state index is 13.2. The van der Waals surface area contributed by atoms with Crippen LogP contribution in [-0.2, 0) is 0 Å². The highest BCUT2D eigenvalue weighted by molar-refractivity contribution is 6.02. The van der Waals surface area contributed by atoms with E-state index in [4.69, 9.17) is 10.7 Å². The number of Topliss-reactive ketones (excluding diaryl/α,β-unsaturated/α-hetero) is 1. The molecule has 38 heavy (non-hydrogen) atoms. The van der Waals surface area contributed by atoms with E-state index in [0.29, 0.717) is 34.8 Å². The van der Waals surface area contributed by atoms with E-state index in [0.717, 1.165) is 69.3 Å². The van der Waals surface area contributed by atoms with Gasteiger partial charge in [-0.15, -0.1) is 0 Å². The third-order valence-electron chi connectivity index (χ3n) is 8.92. The minimum Gasteiger partial charge on any atom is -0.384 e. The first kappa shape index (κ1) is 24.9. The van der Waals surface area contributed by atoms with Crippen LogP contribution in [0, 0.1) is 11.8 Å². The monoisotopic (exact) mass is 515 g/mol. The molecule has 2 aliphatic heterocycles. The molecule has 6 rings (SSSR count). The minimum absolute atomic E-state index is 0.0816. The van der Waals surface area contributed by atoms with Gasteiger partial charge in [-0.2, -0.15) is 0 Å². The molecule has 2 aliphatic carbocycles. The van der Waals surface area contributed by atoms with E-state index in [1.54, 1.807) is 24.4 Å². The number of nitrogens with zero attached hydrogens (tertiary/aromatic N) is 2. The molecule has 4 aliphatic rings. The number of carbonyl (C=O) groups is 3. The SMILES string of the molecule is NC(=O)c1ccc(C(=O)NC2CC3CCC(C2)N3c2ccc(C(=O)C3CCCC3)cn2)cc1NCC1CC1. The molecule has 2 saturated heterocycles. The van der Waals surface area contributed by atoms with Crippen molar-refractivity contribution >= 4 is 29.1 Å². The molecule has 4 N–H and O–H groups in total. The van der Waals surface area contributed by atoms with E-state index in [9.17, 15) is 14.4 Å². The first-order valence-electron chi connectivity index (χ1n) is 14.2. The highest BCUT2D eigenvalue weighted by Gasteiger charge is 2.42. The van der Waals surface area contributed by atoms with E-state index in [1.807, 2.05) is 12.1 Å². The normalized spacial score (nSPS) is 24.8. The number of rotatable bonds is 9. The molecular weight excluding hydrogens is 478 g/mol. The van der Waals surface area contributed by atoms with Crippen molar-refractivity contribution < 1.29 is 14.4 Å². The summed E-state index contributed by atoms with van der Waals surface area (Å²) in [5.41, 5.74) is 7.86. The van der Waals surface area contributed by atoms with Gasteiger partial charge in [-0.1, -0.05) is 12.8 Å². The lowest BCUT2D eigenvalue weighted by Crippen LogP contribution is -2.50. The van der Waals surface area contributed by atoms with Crippen molar-refractivity contribution in [2.75, 3.05) is 16.8 Å². The van der Waals surface area contributed by atoms with Crippen LogP contribution < -0.4 is 21.3 Å². The second kappa shape index (κ2) is 10.4. The second-order valence-corrected chi connectivity index (χ2v) is 11.6. The zero-order valence-corrected chi connectivity index (χ0v) is 21.8. The van der Waals surface area contributed by atoms with Gasteiger partial charge in [0, 0.05) is 53.6 Å². The van der Waals surface area contributed by atoms with Crippen LogP contribution in [-0.4, -0.2) is 47.3 Å². The molecule has 2 saturated carbocycles. The summed E-state index contributed by atoms with van der Waals surface area (Å²) in [6.45, 7) is 0.789. The van der Waals surface area contributed by atoms with Gasteiger partial charge in [0.05, 0.1) is 5.56 Å². The molecule has 2 amide bonds. The Morgan fingerprint density at radius 3 is 2.26 bits per heavy atom. The number of anilines is 2. The molecule has 3 heterocycles. The van der Waals surface area contributed by atoms with Crippen molar-refractivity contribution in [1.82, 2.24) is 10.3 Å². The molecule has 1 aromatic carbocycles. The number of nitrogens with one attached hydrogen (secondary N) is 2. The first-order valence-corrected chi connectivity index (χ1v) is 14.2. The Bertz CT molecular complexity index is 1200. The van der Waals surface area contributed by atoms with Crippen LogP contribution in [0.25, 0.3) is 0 Å². The number of amides is 2. The summed E-state index contributed by atoms with van der Waals surface area (Å²) in [7, 11) is 0. The lowest BCUT2D eigenvalue weighted by molar-refractivity contribution is 0.0917. The number of primary amides is 1. The van der Waals surface area contributed by atoms with Crippen LogP contribution in [0.2, 0.25) is 0 Å². The summed E-state index contributed by atoms with van der Waals surface area (Å²) in [5.74, 6) is 1.34. The summed E-state index contributed by atoms with van der Waals surface area (Å²) >= 11 is 0. The quantitative estimate of drug-likeness (QED) is 0.429. The first-order chi connectivity index (χ1) is 18.5. The number of pyridine rings is 1. The highest BCUT2D eigenvalue weighted by Crippen LogP contribution is 2.39. The molecule has 200 valence electrons. The van der Waals surface area contributed by atoms with Gasteiger partial charge >= 0.3 is 0 Å². The zero-order chi connectivity index (χ0) is 26.2. The maximum atomic E-state index is 13.2. The smallest absolute Gasteiger partial charge is 0.251 e. The second-order valence-electron chi connectivity index (χ2n) is 11.6. The molecule has 2 aromatic rings. The predicted octanol–water partition coefficient (Wildman–Crippen LogP) is 4.31. The van der Waals surface area contributed by atoms with Crippen molar-refractivity contribution in [2.24, 2.45) is 17.6 Å². The van der Waals surface area contributed by atoms with Crippen LogP contribution in [0.4, 0.5) is 11.5 Å². The average molecular weight is 516 g/mol. The van der Waals surface area contributed by atoms with Crippen LogP contribution >= 0.6 is 0 Å². The number of benzene rings is 1. The number of hydrogen-bond donors (Lipinski definition) is 3. The number of piperidine rings is 1. The number of nitrogens with two attached hydrogens (primary N) is 1. The van der Waals surface area contributed by atoms with E-state index < -0.39 is 5.91 Å². The lowest BCUT2D eigenvalue weighted by Gasteiger charge is -2.40. The standard InChI is InChI=1S/C30H37N5O3/c31-29(37)25-11-7-20(13-26(25)32-16-18-5-6-18)30(38)34-22-14-23-9-10-24(15-22)35(23)27-12-8-21(17-33-27)28(36)19-3-1-2-4-19/h7-8,11-13,17-19,22-24,32H,1-6,9-10,14-16H2,(H2,31,37)(H,34,38). The van der Waals surface area contributed by atoms with Crippen molar-refractivity contribution in [3.8, 4) is 0 Å². The van der Waals surface area contributed by atoms with E-state index in [1.165, 1.54) is 12.8 Å². The van der Waals surface area contributed by atoms with Crippen LogP contribution in [0.15, 0.2) is 36.5 Å². The molecule has 8 heteroatoms. The minimum atomic E-state index is -0.497.